The number of benzene rings is 2. The predicted molar refractivity (Wildman–Crippen MR) is 87.5 cm³/mol. The fourth-order valence-electron chi connectivity index (χ4n) is 2.01. The second-order valence-corrected chi connectivity index (χ2v) is 4.94. The summed E-state index contributed by atoms with van der Waals surface area (Å²) in [5.74, 6) is 5.42. The molecule has 0 saturated carbocycles. The topological polar surface area (TPSA) is 20.3 Å². The number of para-hydroxylation sites is 1. The first-order valence-electron chi connectivity index (χ1n) is 7.01. The highest BCUT2D eigenvalue weighted by molar-refractivity contribution is 6.01. The number of anilines is 1. The summed E-state index contributed by atoms with van der Waals surface area (Å²) < 4.78 is 37.6. The van der Waals surface area contributed by atoms with Crippen molar-refractivity contribution in [3.05, 3.63) is 77.9 Å². The molecule has 0 N–H and O–H groups in total. The molecule has 0 atom stereocenters. The minimum absolute atomic E-state index is 0.279. The van der Waals surface area contributed by atoms with E-state index >= 15 is 0 Å². The van der Waals surface area contributed by atoms with E-state index in [1.54, 1.807) is 31.3 Å². The SMILES string of the molecule is C=CC(=O)N(C)c1ccccc1C#Cc1ccc(C(F)(F)F)cc1. The van der Waals surface area contributed by atoms with Crippen LogP contribution >= 0.6 is 0 Å². The molecule has 2 aromatic carbocycles. The van der Waals surface area contributed by atoms with Gasteiger partial charge in [0.25, 0.3) is 0 Å². The Morgan fingerprint density at radius 3 is 2.29 bits per heavy atom. The number of nitrogens with zero attached hydrogens (tertiary/aromatic N) is 1. The Balaban J connectivity index is 2.32. The molecule has 122 valence electrons. The molecule has 0 aliphatic heterocycles. The van der Waals surface area contributed by atoms with Crippen LogP contribution in [0.2, 0.25) is 0 Å². The zero-order valence-electron chi connectivity index (χ0n) is 12.9. The maximum atomic E-state index is 12.5. The van der Waals surface area contributed by atoms with E-state index < -0.39 is 11.7 Å². The van der Waals surface area contributed by atoms with E-state index in [0.717, 1.165) is 12.1 Å². The van der Waals surface area contributed by atoms with Crippen LogP contribution in [0.4, 0.5) is 18.9 Å². The first kappa shape index (κ1) is 17.4. The molecule has 0 radical (unpaired) electrons. The number of alkyl halides is 3. The number of rotatable bonds is 2. The third-order valence-electron chi connectivity index (χ3n) is 3.32. The summed E-state index contributed by atoms with van der Waals surface area (Å²) in [5.41, 5.74) is 0.928. The summed E-state index contributed by atoms with van der Waals surface area (Å²) in [5, 5.41) is 0. The van der Waals surface area contributed by atoms with Gasteiger partial charge in [-0.2, -0.15) is 13.2 Å². The van der Waals surface area contributed by atoms with Crippen molar-refractivity contribution in [3.63, 3.8) is 0 Å². The van der Waals surface area contributed by atoms with Gasteiger partial charge in [0.2, 0.25) is 5.91 Å². The second kappa shape index (κ2) is 7.05. The monoisotopic (exact) mass is 329 g/mol. The van der Waals surface area contributed by atoms with Crippen LogP contribution in [0.25, 0.3) is 0 Å². The van der Waals surface area contributed by atoms with Crippen molar-refractivity contribution in [2.75, 3.05) is 11.9 Å². The molecule has 0 aromatic heterocycles. The minimum atomic E-state index is -4.37. The molecule has 2 aromatic rings. The summed E-state index contributed by atoms with van der Waals surface area (Å²) in [4.78, 5) is 13.1. The summed E-state index contributed by atoms with van der Waals surface area (Å²) in [6.45, 7) is 3.44. The molecular weight excluding hydrogens is 315 g/mol. The fraction of sp³-hybridized carbons (Fsp3) is 0.105. The smallest absolute Gasteiger partial charge is 0.311 e. The largest absolute Gasteiger partial charge is 0.416 e. The molecule has 1 amide bonds. The number of hydrogen-bond acceptors (Lipinski definition) is 1. The Labute approximate surface area is 138 Å². The van der Waals surface area contributed by atoms with E-state index in [4.69, 9.17) is 0 Å². The predicted octanol–water partition coefficient (Wildman–Crippen LogP) is 4.25. The number of halogens is 3. The first-order chi connectivity index (χ1) is 11.3. The quantitative estimate of drug-likeness (QED) is 0.596. The maximum absolute atomic E-state index is 12.5. The number of hydrogen-bond donors (Lipinski definition) is 0. The molecule has 24 heavy (non-hydrogen) atoms. The van der Waals surface area contributed by atoms with Crippen molar-refractivity contribution >= 4 is 11.6 Å². The van der Waals surface area contributed by atoms with Crippen molar-refractivity contribution in [2.24, 2.45) is 0 Å². The van der Waals surface area contributed by atoms with Crippen molar-refractivity contribution < 1.29 is 18.0 Å². The summed E-state index contributed by atoms with van der Waals surface area (Å²) in [7, 11) is 1.60. The van der Waals surface area contributed by atoms with Crippen LogP contribution in [0.3, 0.4) is 0 Å². The molecule has 0 unspecified atom stereocenters. The molecule has 0 bridgehead atoms. The van der Waals surface area contributed by atoms with Crippen molar-refractivity contribution in [2.45, 2.75) is 6.18 Å². The van der Waals surface area contributed by atoms with Gasteiger partial charge in [0.15, 0.2) is 0 Å². The van der Waals surface area contributed by atoms with Gasteiger partial charge in [-0.3, -0.25) is 4.79 Å². The zero-order chi connectivity index (χ0) is 17.7. The van der Waals surface area contributed by atoms with Crippen LogP contribution in [0.15, 0.2) is 61.2 Å². The normalized spacial score (nSPS) is 10.5. The molecular formula is C19H14F3NO. The number of likely N-dealkylation sites (N-methyl/N-ethyl adjacent to an activating group) is 1. The van der Waals surface area contributed by atoms with Crippen molar-refractivity contribution in [1.29, 1.82) is 0 Å². The third kappa shape index (κ3) is 4.05. The van der Waals surface area contributed by atoms with E-state index in [1.165, 1.54) is 23.1 Å². The lowest BCUT2D eigenvalue weighted by molar-refractivity contribution is -0.137. The van der Waals surface area contributed by atoms with Crippen LogP contribution in [0, 0.1) is 11.8 Å². The Morgan fingerprint density at radius 1 is 1.08 bits per heavy atom. The molecule has 0 spiro atoms. The van der Waals surface area contributed by atoms with Crippen LogP contribution in [0.5, 0.6) is 0 Å². The Hall–Kier alpha value is -3.00. The Bertz CT molecular complexity index is 811. The van der Waals surface area contributed by atoms with Crippen LogP contribution in [0.1, 0.15) is 16.7 Å². The van der Waals surface area contributed by atoms with Gasteiger partial charge < -0.3 is 4.90 Å². The lowest BCUT2D eigenvalue weighted by atomic mass is 10.1. The third-order valence-corrected chi connectivity index (χ3v) is 3.32. The number of carbonyl (C=O) groups excluding carboxylic acids is 1. The lowest BCUT2D eigenvalue weighted by Crippen LogP contribution is -2.24. The molecule has 5 heteroatoms. The average Bonchev–Trinajstić information content (AvgIpc) is 2.58. The molecule has 2 nitrogen and oxygen atoms in total. The fourth-order valence-corrected chi connectivity index (χ4v) is 2.01. The van der Waals surface area contributed by atoms with E-state index in [2.05, 4.69) is 18.4 Å². The van der Waals surface area contributed by atoms with Gasteiger partial charge in [0.1, 0.15) is 0 Å². The molecule has 0 aliphatic carbocycles. The van der Waals surface area contributed by atoms with Gasteiger partial charge in [-0.1, -0.05) is 30.6 Å². The highest BCUT2D eigenvalue weighted by Gasteiger charge is 2.29. The molecule has 0 heterocycles. The molecule has 2 rings (SSSR count). The van der Waals surface area contributed by atoms with Gasteiger partial charge >= 0.3 is 6.18 Å². The van der Waals surface area contributed by atoms with E-state index in [0.29, 0.717) is 16.8 Å². The molecule has 0 fully saturated rings. The highest BCUT2D eigenvalue weighted by Crippen LogP contribution is 2.29. The molecule has 0 aliphatic rings. The van der Waals surface area contributed by atoms with E-state index in [9.17, 15) is 18.0 Å². The van der Waals surface area contributed by atoms with Crippen molar-refractivity contribution in [1.82, 2.24) is 0 Å². The minimum Gasteiger partial charge on any atom is -0.311 e. The standard InChI is InChI=1S/C19H14F3NO/c1-3-18(24)23(2)17-7-5-4-6-15(17)11-8-14-9-12-16(13-10-14)19(20,21)22/h3-7,9-10,12-13H,1H2,2H3. The Kier molecular flexibility index (Phi) is 5.10. The van der Waals surface area contributed by atoms with Crippen LogP contribution in [-0.2, 0) is 11.0 Å². The highest BCUT2D eigenvalue weighted by atomic mass is 19.4. The van der Waals surface area contributed by atoms with Gasteiger partial charge in [-0.05, 0) is 42.5 Å². The zero-order valence-corrected chi connectivity index (χ0v) is 12.9. The van der Waals surface area contributed by atoms with E-state index in [1.807, 2.05) is 0 Å². The summed E-state index contributed by atoms with van der Waals surface area (Å²) >= 11 is 0. The van der Waals surface area contributed by atoms with Gasteiger partial charge in [0.05, 0.1) is 11.3 Å². The van der Waals surface area contributed by atoms with E-state index in [-0.39, 0.29) is 5.91 Å². The molecule has 0 saturated heterocycles. The van der Waals surface area contributed by atoms with Gasteiger partial charge in [-0.15, -0.1) is 0 Å². The number of amides is 1. The average molecular weight is 329 g/mol. The van der Waals surface area contributed by atoms with Crippen LogP contribution < -0.4 is 4.90 Å². The second-order valence-electron chi connectivity index (χ2n) is 4.94. The van der Waals surface area contributed by atoms with Gasteiger partial charge in [0, 0.05) is 18.2 Å². The maximum Gasteiger partial charge on any atom is 0.416 e. The first-order valence-corrected chi connectivity index (χ1v) is 7.01. The summed E-state index contributed by atoms with van der Waals surface area (Å²) in [6.07, 6.45) is -3.17. The van der Waals surface area contributed by atoms with Crippen LogP contribution in [-0.4, -0.2) is 13.0 Å². The number of carbonyl (C=O) groups is 1. The Morgan fingerprint density at radius 2 is 1.71 bits per heavy atom. The van der Waals surface area contributed by atoms with Gasteiger partial charge in [-0.25, -0.2) is 0 Å². The lowest BCUT2D eigenvalue weighted by Gasteiger charge is -2.16. The summed E-state index contributed by atoms with van der Waals surface area (Å²) in [6, 6.07) is 11.6. The van der Waals surface area contributed by atoms with Crippen molar-refractivity contribution in [3.8, 4) is 11.8 Å².